The predicted octanol–water partition coefficient (Wildman–Crippen LogP) is 2.00. The fourth-order valence-electron chi connectivity index (χ4n) is 3.59. The Balaban J connectivity index is 1.64. The molecule has 160 valence electrons. The molecule has 0 bridgehead atoms. The number of aromatic nitrogens is 1. The standard InChI is InChI=1S/C23H30N4O3/c1-4-17-8-9-19(25-14-17)16-26(2)22(28)13-21-23(29)24-10-11-27(21)15-18-6-5-7-20(12-18)30-3/h5-9,12,14,21H,4,10-11,13,15-16H2,1-3H3,(H,24,29)/t21-/m0/s1. The van der Waals surface area contributed by atoms with Gasteiger partial charge in [0.05, 0.1) is 31.8 Å². The number of pyridine rings is 1. The molecule has 1 saturated heterocycles. The van der Waals surface area contributed by atoms with Crippen LogP contribution in [0.5, 0.6) is 5.75 Å². The third-order valence-corrected chi connectivity index (χ3v) is 5.45. The number of benzene rings is 1. The Morgan fingerprint density at radius 2 is 2.13 bits per heavy atom. The fourth-order valence-corrected chi connectivity index (χ4v) is 3.59. The van der Waals surface area contributed by atoms with E-state index in [0.29, 0.717) is 26.2 Å². The molecule has 0 spiro atoms. The van der Waals surface area contributed by atoms with Crippen LogP contribution in [0.25, 0.3) is 0 Å². The van der Waals surface area contributed by atoms with Crippen molar-refractivity contribution in [3.63, 3.8) is 0 Å². The van der Waals surface area contributed by atoms with E-state index in [0.717, 1.165) is 23.4 Å². The molecular formula is C23H30N4O3. The van der Waals surface area contributed by atoms with Gasteiger partial charge in [0, 0.05) is 32.9 Å². The van der Waals surface area contributed by atoms with E-state index in [1.54, 1.807) is 19.1 Å². The Hall–Kier alpha value is -2.93. The Labute approximate surface area is 178 Å². The molecule has 0 radical (unpaired) electrons. The summed E-state index contributed by atoms with van der Waals surface area (Å²) in [7, 11) is 3.39. The van der Waals surface area contributed by atoms with Gasteiger partial charge in [0.25, 0.3) is 0 Å². The quantitative estimate of drug-likeness (QED) is 0.721. The van der Waals surface area contributed by atoms with Crippen LogP contribution in [-0.2, 0) is 29.1 Å². The Bertz CT molecular complexity index is 869. The van der Waals surface area contributed by atoms with Crippen LogP contribution in [0.1, 0.15) is 30.2 Å². The number of aryl methyl sites for hydroxylation is 1. The largest absolute Gasteiger partial charge is 0.497 e. The van der Waals surface area contributed by atoms with Crippen LogP contribution >= 0.6 is 0 Å². The summed E-state index contributed by atoms with van der Waals surface area (Å²) in [5.41, 5.74) is 3.05. The van der Waals surface area contributed by atoms with E-state index in [9.17, 15) is 9.59 Å². The highest BCUT2D eigenvalue weighted by Crippen LogP contribution is 2.18. The molecule has 2 amide bonds. The summed E-state index contributed by atoms with van der Waals surface area (Å²) >= 11 is 0. The molecule has 1 atom stereocenters. The number of carbonyl (C=O) groups is 2. The summed E-state index contributed by atoms with van der Waals surface area (Å²) in [5.74, 6) is 0.605. The lowest BCUT2D eigenvalue weighted by Crippen LogP contribution is -2.56. The molecule has 3 rings (SSSR count). The molecular weight excluding hydrogens is 380 g/mol. The normalized spacial score (nSPS) is 16.8. The molecule has 2 aromatic rings. The summed E-state index contributed by atoms with van der Waals surface area (Å²) in [6, 6.07) is 11.3. The highest BCUT2D eigenvalue weighted by Gasteiger charge is 2.32. The van der Waals surface area contributed by atoms with Gasteiger partial charge in [-0.25, -0.2) is 0 Å². The van der Waals surface area contributed by atoms with Gasteiger partial charge in [0.2, 0.25) is 11.8 Å². The molecule has 1 aromatic carbocycles. The van der Waals surface area contributed by atoms with E-state index in [-0.39, 0.29) is 18.2 Å². The number of hydrogen-bond acceptors (Lipinski definition) is 5. The molecule has 1 aliphatic heterocycles. The van der Waals surface area contributed by atoms with Gasteiger partial charge in [-0.15, -0.1) is 0 Å². The molecule has 30 heavy (non-hydrogen) atoms. The van der Waals surface area contributed by atoms with Gasteiger partial charge in [0.15, 0.2) is 0 Å². The van der Waals surface area contributed by atoms with Gasteiger partial charge in [-0.1, -0.05) is 25.1 Å². The van der Waals surface area contributed by atoms with E-state index >= 15 is 0 Å². The fraction of sp³-hybridized carbons (Fsp3) is 0.435. The van der Waals surface area contributed by atoms with Crippen molar-refractivity contribution < 1.29 is 14.3 Å². The molecule has 2 heterocycles. The SMILES string of the molecule is CCc1ccc(CN(C)C(=O)C[C@H]2C(=O)NCCN2Cc2cccc(OC)c2)nc1. The minimum Gasteiger partial charge on any atom is -0.497 e. The van der Waals surface area contributed by atoms with Gasteiger partial charge in [-0.2, -0.15) is 0 Å². The summed E-state index contributed by atoms with van der Waals surface area (Å²) < 4.78 is 5.29. The molecule has 1 fully saturated rings. The smallest absolute Gasteiger partial charge is 0.237 e. The monoisotopic (exact) mass is 410 g/mol. The van der Waals surface area contributed by atoms with Crippen LogP contribution in [0.3, 0.4) is 0 Å². The second kappa shape index (κ2) is 10.2. The first-order valence-electron chi connectivity index (χ1n) is 10.3. The number of hydrogen-bond donors (Lipinski definition) is 1. The molecule has 1 aromatic heterocycles. The number of amides is 2. The van der Waals surface area contributed by atoms with E-state index < -0.39 is 6.04 Å². The van der Waals surface area contributed by atoms with Gasteiger partial charge < -0.3 is 15.0 Å². The highest BCUT2D eigenvalue weighted by atomic mass is 16.5. The third kappa shape index (κ3) is 5.57. The van der Waals surface area contributed by atoms with Crippen molar-refractivity contribution in [1.82, 2.24) is 20.1 Å². The van der Waals surface area contributed by atoms with Gasteiger partial charge in [-0.05, 0) is 35.7 Å². The molecule has 7 nitrogen and oxygen atoms in total. The number of rotatable bonds is 8. The average Bonchev–Trinajstić information content (AvgIpc) is 2.76. The van der Waals surface area contributed by atoms with Crippen LogP contribution in [0.4, 0.5) is 0 Å². The first-order chi connectivity index (χ1) is 14.5. The van der Waals surface area contributed by atoms with Crippen LogP contribution in [0, 0.1) is 0 Å². The third-order valence-electron chi connectivity index (χ3n) is 5.45. The van der Waals surface area contributed by atoms with Gasteiger partial charge >= 0.3 is 0 Å². The van der Waals surface area contributed by atoms with Crippen LogP contribution in [0.15, 0.2) is 42.6 Å². The molecule has 0 aliphatic carbocycles. The topological polar surface area (TPSA) is 74.8 Å². The minimum absolute atomic E-state index is 0.0749. The second-order valence-electron chi connectivity index (χ2n) is 7.59. The molecule has 7 heteroatoms. The number of ether oxygens (including phenoxy) is 1. The first-order valence-corrected chi connectivity index (χ1v) is 10.3. The predicted molar refractivity (Wildman–Crippen MR) is 115 cm³/mol. The maximum absolute atomic E-state index is 12.9. The zero-order valence-electron chi connectivity index (χ0n) is 17.9. The lowest BCUT2D eigenvalue weighted by atomic mass is 10.1. The Morgan fingerprint density at radius 1 is 1.30 bits per heavy atom. The summed E-state index contributed by atoms with van der Waals surface area (Å²) in [5, 5.41) is 2.89. The number of methoxy groups -OCH3 is 1. The molecule has 0 saturated carbocycles. The second-order valence-corrected chi connectivity index (χ2v) is 7.59. The van der Waals surface area contributed by atoms with E-state index in [4.69, 9.17) is 4.74 Å². The van der Waals surface area contributed by atoms with Crippen LogP contribution < -0.4 is 10.1 Å². The van der Waals surface area contributed by atoms with Gasteiger partial charge in [0.1, 0.15) is 5.75 Å². The maximum atomic E-state index is 12.9. The van der Waals surface area contributed by atoms with Gasteiger partial charge in [-0.3, -0.25) is 19.5 Å². The number of carbonyl (C=O) groups excluding carboxylic acids is 2. The van der Waals surface area contributed by atoms with Crippen molar-refractivity contribution in [2.24, 2.45) is 0 Å². The lowest BCUT2D eigenvalue weighted by Gasteiger charge is -2.35. The van der Waals surface area contributed by atoms with E-state index in [1.165, 1.54) is 5.56 Å². The zero-order chi connectivity index (χ0) is 21.5. The molecule has 1 aliphatic rings. The molecule has 1 N–H and O–H groups in total. The summed E-state index contributed by atoms with van der Waals surface area (Å²) in [6.45, 7) is 4.37. The van der Waals surface area contributed by atoms with E-state index in [1.807, 2.05) is 42.6 Å². The summed E-state index contributed by atoms with van der Waals surface area (Å²) in [6.07, 6.45) is 2.92. The van der Waals surface area contributed by atoms with Crippen molar-refractivity contribution in [3.8, 4) is 5.75 Å². The van der Waals surface area contributed by atoms with Crippen molar-refractivity contribution in [2.45, 2.75) is 38.9 Å². The zero-order valence-corrected chi connectivity index (χ0v) is 17.9. The average molecular weight is 411 g/mol. The van der Waals surface area contributed by atoms with Crippen molar-refractivity contribution in [3.05, 3.63) is 59.4 Å². The molecule has 0 unspecified atom stereocenters. The number of nitrogens with one attached hydrogen (secondary N) is 1. The van der Waals surface area contributed by atoms with Crippen LogP contribution in [-0.4, -0.2) is 59.9 Å². The van der Waals surface area contributed by atoms with E-state index in [2.05, 4.69) is 22.1 Å². The highest BCUT2D eigenvalue weighted by molar-refractivity contribution is 5.88. The minimum atomic E-state index is -0.490. The Morgan fingerprint density at radius 3 is 2.83 bits per heavy atom. The number of nitrogens with zero attached hydrogens (tertiary/aromatic N) is 3. The maximum Gasteiger partial charge on any atom is 0.237 e. The first kappa shape index (κ1) is 21.8. The Kier molecular flexibility index (Phi) is 7.41. The van der Waals surface area contributed by atoms with Crippen molar-refractivity contribution >= 4 is 11.8 Å². The summed E-state index contributed by atoms with van der Waals surface area (Å²) in [4.78, 5) is 33.5. The van der Waals surface area contributed by atoms with Crippen molar-refractivity contribution in [1.29, 1.82) is 0 Å². The lowest BCUT2D eigenvalue weighted by molar-refractivity contribution is -0.138. The van der Waals surface area contributed by atoms with Crippen LogP contribution in [0.2, 0.25) is 0 Å². The number of piperazine rings is 1. The van der Waals surface area contributed by atoms with Crippen molar-refractivity contribution in [2.75, 3.05) is 27.2 Å².